The first-order chi connectivity index (χ1) is 12.7. The average Bonchev–Trinajstić information content (AvgIpc) is 3.05. The van der Waals surface area contributed by atoms with E-state index in [1.54, 1.807) is 0 Å². The summed E-state index contributed by atoms with van der Waals surface area (Å²) in [6.45, 7) is 2.38. The fraction of sp³-hybridized carbons (Fsp3) is 0.143. The summed E-state index contributed by atoms with van der Waals surface area (Å²) in [7, 11) is 0. The van der Waals surface area contributed by atoms with Gasteiger partial charge in [0.25, 0.3) is 0 Å². The Bertz CT molecular complexity index is 1130. The molecule has 0 unspecified atom stereocenters. The second kappa shape index (κ2) is 6.51. The SMILES string of the molecule is Cc1cc(N(CCO)c2ccccc2)n2c(nc3ccccc32)c1C#N. The van der Waals surface area contributed by atoms with Crippen LogP contribution in [0.15, 0.2) is 60.7 Å². The van der Waals surface area contributed by atoms with Gasteiger partial charge in [0.2, 0.25) is 0 Å². The van der Waals surface area contributed by atoms with Crippen LogP contribution in [0.2, 0.25) is 0 Å². The minimum atomic E-state index is 0.0159. The number of pyridine rings is 1. The summed E-state index contributed by atoms with van der Waals surface area (Å²) in [6.07, 6.45) is 0. The number of aliphatic hydroxyl groups is 1. The molecule has 0 amide bonds. The minimum Gasteiger partial charge on any atom is -0.395 e. The number of para-hydroxylation sites is 3. The first kappa shape index (κ1) is 16.1. The quantitative estimate of drug-likeness (QED) is 0.613. The van der Waals surface area contributed by atoms with E-state index in [2.05, 4.69) is 11.0 Å². The molecule has 0 aliphatic carbocycles. The molecular weight excluding hydrogens is 324 g/mol. The predicted molar refractivity (Wildman–Crippen MR) is 103 cm³/mol. The number of aryl methyl sites for hydroxylation is 1. The van der Waals surface area contributed by atoms with Crippen molar-refractivity contribution in [1.29, 1.82) is 5.26 Å². The van der Waals surface area contributed by atoms with Gasteiger partial charge in [0.05, 0.1) is 23.2 Å². The molecule has 2 aromatic carbocycles. The Kier molecular flexibility index (Phi) is 4.04. The van der Waals surface area contributed by atoms with Crippen LogP contribution in [0.4, 0.5) is 11.5 Å². The third kappa shape index (κ3) is 2.48. The van der Waals surface area contributed by atoms with E-state index in [0.29, 0.717) is 17.8 Å². The summed E-state index contributed by atoms with van der Waals surface area (Å²) in [4.78, 5) is 6.75. The Hall–Kier alpha value is -3.36. The molecule has 0 spiro atoms. The van der Waals surface area contributed by atoms with Crippen molar-refractivity contribution in [3.05, 3.63) is 71.8 Å². The number of nitriles is 1. The van der Waals surface area contributed by atoms with E-state index in [-0.39, 0.29) is 6.61 Å². The van der Waals surface area contributed by atoms with Crippen molar-refractivity contribution >= 4 is 28.2 Å². The lowest BCUT2D eigenvalue weighted by atomic mass is 10.1. The standard InChI is InChI=1S/C21H18N4O/c1-15-13-20(24(11-12-26)16-7-3-2-4-8-16)25-19-10-6-5-9-18(19)23-21(25)17(15)14-22/h2-10,13,26H,11-12H2,1H3. The van der Waals surface area contributed by atoms with Crippen LogP contribution < -0.4 is 4.90 Å². The summed E-state index contributed by atoms with van der Waals surface area (Å²) in [5, 5.41) is 19.3. The van der Waals surface area contributed by atoms with Gasteiger partial charge in [-0.25, -0.2) is 4.98 Å². The van der Waals surface area contributed by atoms with Crippen LogP contribution in [0.25, 0.3) is 16.7 Å². The number of anilines is 2. The molecule has 26 heavy (non-hydrogen) atoms. The topological polar surface area (TPSA) is 64.6 Å². The number of aromatic nitrogens is 2. The number of imidazole rings is 1. The van der Waals surface area contributed by atoms with Crippen LogP contribution >= 0.6 is 0 Å². The Morgan fingerprint density at radius 2 is 1.85 bits per heavy atom. The molecule has 4 rings (SSSR count). The molecule has 0 atom stereocenters. The maximum absolute atomic E-state index is 9.65. The predicted octanol–water partition coefficient (Wildman–Crippen LogP) is 3.80. The molecule has 5 heteroatoms. The maximum Gasteiger partial charge on any atom is 0.157 e. The van der Waals surface area contributed by atoms with Crippen molar-refractivity contribution < 1.29 is 5.11 Å². The summed E-state index contributed by atoms with van der Waals surface area (Å²) < 4.78 is 2.00. The van der Waals surface area contributed by atoms with Gasteiger partial charge in [0, 0.05) is 12.2 Å². The van der Waals surface area contributed by atoms with Gasteiger partial charge in [-0.2, -0.15) is 5.26 Å². The highest BCUT2D eigenvalue weighted by Gasteiger charge is 2.19. The number of hydrogen-bond acceptors (Lipinski definition) is 4. The van der Waals surface area contributed by atoms with E-state index in [0.717, 1.165) is 28.1 Å². The van der Waals surface area contributed by atoms with Crippen molar-refractivity contribution in [3.8, 4) is 6.07 Å². The van der Waals surface area contributed by atoms with Crippen LogP contribution in [0.3, 0.4) is 0 Å². The summed E-state index contributed by atoms with van der Waals surface area (Å²) in [6, 6.07) is 22.0. The molecule has 1 N–H and O–H groups in total. The van der Waals surface area contributed by atoms with Gasteiger partial charge in [-0.1, -0.05) is 30.3 Å². The third-order valence-electron chi connectivity index (χ3n) is 4.53. The zero-order valence-electron chi connectivity index (χ0n) is 14.4. The number of aliphatic hydroxyl groups excluding tert-OH is 1. The van der Waals surface area contributed by atoms with Crippen molar-refractivity contribution in [2.24, 2.45) is 0 Å². The van der Waals surface area contributed by atoms with Gasteiger partial charge >= 0.3 is 0 Å². The number of benzene rings is 2. The first-order valence-electron chi connectivity index (χ1n) is 8.49. The molecule has 0 saturated heterocycles. The molecule has 128 valence electrons. The number of hydrogen-bond donors (Lipinski definition) is 1. The van der Waals surface area contributed by atoms with Gasteiger partial charge in [0.1, 0.15) is 11.9 Å². The highest BCUT2D eigenvalue weighted by molar-refractivity contribution is 5.86. The van der Waals surface area contributed by atoms with E-state index >= 15 is 0 Å². The fourth-order valence-corrected chi connectivity index (χ4v) is 3.35. The van der Waals surface area contributed by atoms with Gasteiger partial charge in [0.15, 0.2) is 5.65 Å². The largest absolute Gasteiger partial charge is 0.395 e. The molecule has 0 bridgehead atoms. The number of rotatable bonds is 4. The van der Waals surface area contributed by atoms with E-state index in [1.807, 2.05) is 72.0 Å². The highest BCUT2D eigenvalue weighted by atomic mass is 16.3. The smallest absolute Gasteiger partial charge is 0.157 e. The van der Waals surface area contributed by atoms with Crippen LogP contribution in [-0.2, 0) is 0 Å². The normalized spacial score (nSPS) is 11.0. The van der Waals surface area contributed by atoms with Crippen LogP contribution in [0.5, 0.6) is 0 Å². The second-order valence-electron chi connectivity index (χ2n) is 6.14. The summed E-state index contributed by atoms with van der Waals surface area (Å²) >= 11 is 0. The van der Waals surface area contributed by atoms with Crippen molar-refractivity contribution in [3.63, 3.8) is 0 Å². The Morgan fingerprint density at radius 3 is 2.58 bits per heavy atom. The Balaban J connectivity index is 2.10. The molecule has 0 fully saturated rings. The van der Waals surface area contributed by atoms with Crippen LogP contribution in [0.1, 0.15) is 11.1 Å². The van der Waals surface area contributed by atoms with Crippen molar-refractivity contribution in [2.45, 2.75) is 6.92 Å². The Labute approximate surface area is 151 Å². The zero-order valence-corrected chi connectivity index (χ0v) is 14.4. The lowest BCUT2D eigenvalue weighted by Gasteiger charge is -2.26. The van der Waals surface area contributed by atoms with Crippen molar-refractivity contribution in [1.82, 2.24) is 9.38 Å². The van der Waals surface area contributed by atoms with Gasteiger partial charge < -0.3 is 10.0 Å². The third-order valence-corrected chi connectivity index (χ3v) is 4.53. The molecule has 0 saturated carbocycles. The van der Waals surface area contributed by atoms with Gasteiger partial charge in [-0.05, 0) is 42.8 Å². The van der Waals surface area contributed by atoms with E-state index in [9.17, 15) is 10.4 Å². The first-order valence-corrected chi connectivity index (χ1v) is 8.49. The zero-order chi connectivity index (χ0) is 18.1. The number of nitrogens with zero attached hydrogens (tertiary/aromatic N) is 4. The van der Waals surface area contributed by atoms with Crippen molar-refractivity contribution in [2.75, 3.05) is 18.1 Å². The molecule has 5 nitrogen and oxygen atoms in total. The lowest BCUT2D eigenvalue weighted by molar-refractivity contribution is 0.305. The second-order valence-corrected chi connectivity index (χ2v) is 6.14. The molecule has 2 heterocycles. The monoisotopic (exact) mass is 342 g/mol. The molecular formula is C21H18N4O. The molecule has 0 aliphatic rings. The van der Waals surface area contributed by atoms with Gasteiger partial charge in [-0.3, -0.25) is 4.40 Å². The maximum atomic E-state index is 9.65. The van der Waals surface area contributed by atoms with E-state index in [4.69, 9.17) is 4.98 Å². The number of fused-ring (bicyclic) bond motifs is 3. The molecule has 0 aliphatic heterocycles. The molecule has 4 aromatic rings. The minimum absolute atomic E-state index is 0.0159. The van der Waals surface area contributed by atoms with Crippen LogP contribution in [0, 0.1) is 18.3 Å². The fourth-order valence-electron chi connectivity index (χ4n) is 3.35. The Morgan fingerprint density at radius 1 is 1.12 bits per heavy atom. The van der Waals surface area contributed by atoms with E-state index in [1.165, 1.54) is 0 Å². The van der Waals surface area contributed by atoms with Crippen LogP contribution in [-0.4, -0.2) is 27.6 Å². The van der Waals surface area contributed by atoms with Gasteiger partial charge in [-0.15, -0.1) is 0 Å². The summed E-state index contributed by atoms with van der Waals surface area (Å²) in [5.74, 6) is 0.880. The lowest BCUT2D eigenvalue weighted by Crippen LogP contribution is -2.23. The summed E-state index contributed by atoms with van der Waals surface area (Å²) in [5.41, 5.74) is 4.83. The molecule has 0 radical (unpaired) electrons. The average molecular weight is 342 g/mol. The molecule has 2 aromatic heterocycles. The van der Waals surface area contributed by atoms with E-state index < -0.39 is 0 Å². The highest BCUT2D eigenvalue weighted by Crippen LogP contribution is 2.32.